The van der Waals surface area contributed by atoms with Crippen LogP contribution in [0.15, 0.2) is 30.3 Å². The predicted octanol–water partition coefficient (Wildman–Crippen LogP) is 2.71. The van der Waals surface area contributed by atoms with Gasteiger partial charge in [0.15, 0.2) is 0 Å². The molecule has 1 atom stereocenters. The zero-order valence-electron chi connectivity index (χ0n) is 15.7. The highest BCUT2D eigenvalue weighted by Gasteiger charge is 2.27. The van der Waals surface area contributed by atoms with Crippen molar-refractivity contribution in [3.63, 3.8) is 0 Å². The van der Waals surface area contributed by atoms with Crippen LogP contribution in [-0.4, -0.2) is 51.7 Å². The molecular weight excluding hydrogens is 312 g/mol. The summed E-state index contributed by atoms with van der Waals surface area (Å²) in [6.45, 7) is 12.4. The molecule has 1 aliphatic rings. The van der Waals surface area contributed by atoms with E-state index in [1.165, 1.54) is 11.1 Å². The Morgan fingerprint density at radius 1 is 1.12 bits per heavy atom. The minimum Gasteiger partial charge on any atom is -0.338 e. The highest BCUT2D eigenvalue weighted by Crippen LogP contribution is 2.17. The third-order valence-electron chi connectivity index (χ3n) is 5.11. The molecule has 0 bridgehead atoms. The van der Waals surface area contributed by atoms with E-state index in [4.69, 9.17) is 0 Å². The number of rotatable bonds is 4. The summed E-state index contributed by atoms with van der Waals surface area (Å²) < 4.78 is 1.84. The Kier molecular flexibility index (Phi) is 5.23. The smallest absolute Gasteiger partial charge is 0.247 e. The molecule has 5 nitrogen and oxygen atoms in total. The summed E-state index contributed by atoms with van der Waals surface area (Å²) in [6.07, 6.45) is 0. The molecule has 1 saturated heterocycles. The van der Waals surface area contributed by atoms with Crippen LogP contribution >= 0.6 is 0 Å². The second-order valence-corrected chi connectivity index (χ2v) is 7.08. The van der Waals surface area contributed by atoms with Gasteiger partial charge in [-0.3, -0.25) is 14.4 Å². The van der Waals surface area contributed by atoms with E-state index in [-0.39, 0.29) is 11.9 Å². The lowest BCUT2D eigenvalue weighted by atomic mass is 10.1. The van der Waals surface area contributed by atoms with Crippen molar-refractivity contribution in [2.45, 2.75) is 40.3 Å². The van der Waals surface area contributed by atoms with Gasteiger partial charge in [0.2, 0.25) is 5.91 Å². The van der Waals surface area contributed by atoms with Crippen LogP contribution in [0.2, 0.25) is 0 Å². The van der Waals surface area contributed by atoms with Crippen molar-refractivity contribution in [2.24, 2.45) is 0 Å². The molecule has 1 aromatic heterocycles. The average molecular weight is 340 g/mol. The molecule has 0 saturated carbocycles. The van der Waals surface area contributed by atoms with Crippen LogP contribution in [-0.2, 0) is 11.3 Å². The van der Waals surface area contributed by atoms with Crippen LogP contribution in [0.4, 0.5) is 0 Å². The predicted molar refractivity (Wildman–Crippen MR) is 99.4 cm³/mol. The second kappa shape index (κ2) is 7.40. The van der Waals surface area contributed by atoms with Crippen LogP contribution in [0.3, 0.4) is 0 Å². The van der Waals surface area contributed by atoms with Crippen molar-refractivity contribution in [3.8, 4) is 0 Å². The molecule has 1 aromatic carbocycles. The van der Waals surface area contributed by atoms with Crippen molar-refractivity contribution in [2.75, 3.05) is 26.2 Å². The SMILES string of the molecule is Cc1cc(C)n(C(C)C(=O)N2CCN(Cc3ccccc3C)CC2)n1. The van der Waals surface area contributed by atoms with Crippen LogP contribution in [0.5, 0.6) is 0 Å². The maximum Gasteiger partial charge on any atom is 0.247 e. The van der Waals surface area contributed by atoms with E-state index < -0.39 is 0 Å². The summed E-state index contributed by atoms with van der Waals surface area (Å²) in [6, 6.07) is 10.3. The maximum atomic E-state index is 12.8. The van der Waals surface area contributed by atoms with Crippen molar-refractivity contribution >= 4 is 5.91 Å². The monoisotopic (exact) mass is 340 g/mol. The molecule has 1 fully saturated rings. The van der Waals surface area contributed by atoms with Crippen LogP contribution < -0.4 is 0 Å². The van der Waals surface area contributed by atoms with Gasteiger partial charge in [0.1, 0.15) is 6.04 Å². The number of benzene rings is 1. The summed E-state index contributed by atoms with van der Waals surface area (Å²) in [7, 11) is 0. The van der Waals surface area contributed by atoms with Gasteiger partial charge in [-0.05, 0) is 44.9 Å². The number of carbonyl (C=O) groups is 1. The molecule has 134 valence electrons. The lowest BCUT2D eigenvalue weighted by Gasteiger charge is -2.36. The minimum atomic E-state index is -0.239. The van der Waals surface area contributed by atoms with Gasteiger partial charge in [-0.25, -0.2) is 0 Å². The lowest BCUT2D eigenvalue weighted by Crippen LogP contribution is -2.50. The molecule has 0 N–H and O–H groups in total. The van der Waals surface area contributed by atoms with Gasteiger partial charge in [-0.15, -0.1) is 0 Å². The van der Waals surface area contributed by atoms with Gasteiger partial charge in [0.05, 0.1) is 5.69 Å². The van der Waals surface area contributed by atoms with E-state index >= 15 is 0 Å². The number of hydrogen-bond acceptors (Lipinski definition) is 3. The number of aromatic nitrogens is 2. The molecule has 1 unspecified atom stereocenters. The largest absolute Gasteiger partial charge is 0.338 e. The lowest BCUT2D eigenvalue weighted by molar-refractivity contribution is -0.136. The van der Waals surface area contributed by atoms with Crippen molar-refractivity contribution in [3.05, 3.63) is 52.8 Å². The number of piperazine rings is 1. The second-order valence-electron chi connectivity index (χ2n) is 7.08. The average Bonchev–Trinajstić information content (AvgIpc) is 2.94. The Morgan fingerprint density at radius 3 is 2.40 bits per heavy atom. The highest BCUT2D eigenvalue weighted by molar-refractivity contribution is 5.80. The first-order valence-corrected chi connectivity index (χ1v) is 9.04. The van der Waals surface area contributed by atoms with Gasteiger partial charge in [-0.1, -0.05) is 24.3 Å². The van der Waals surface area contributed by atoms with Crippen molar-refractivity contribution < 1.29 is 4.79 Å². The summed E-state index contributed by atoms with van der Waals surface area (Å²) >= 11 is 0. The Hall–Kier alpha value is -2.14. The Morgan fingerprint density at radius 2 is 1.80 bits per heavy atom. The Labute approximate surface area is 150 Å². The Balaban J connectivity index is 1.57. The first-order valence-electron chi connectivity index (χ1n) is 9.04. The molecule has 5 heteroatoms. The van der Waals surface area contributed by atoms with E-state index in [9.17, 15) is 4.79 Å². The Bertz CT molecular complexity index is 744. The van der Waals surface area contributed by atoms with E-state index in [0.717, 1.165) is 44.1 Å². The number of nitrogens with zero attached hydrogens (tertiary/aromatic N) is 4. The van der Waals surface area contributed by atoms with Crippen molar-refractivity contribution in [1.82, 2.24) is 19.6 Å². The maximum absolute atomic E-state index is 12.8. The quantitative estimate of drug-likeness (QED) is 0.859. The normalized spacial score (nSPS) is 16.9. The van der Waals surface area contributed by atoms with E-state index in [2.05, 4.69) is 41.2 Å². The van der Waals surface area contributed by atoms with Gasteiger partial charge in [0, 0.05) is 38.4 Å². The summed E-state index contributed by atoms with van der Waals surface area (Å²) in [5.74, 6) is 0.168. The molecular formula is C20H28N4O. The fraction of sp³-hybridized carbons (Fsp3) is 0.500. The first kappa shape index (κ1) is 17.7. The number of amides is 1. The first-order chi connectivity index (χ1) is 12.0. The van der Waals surface area contributed by atoms with Gasteiger partial charge in [0.25, 0.3) is 0 Å². The van der Waals surface area contributed by atoms with Crippen LogP contribution in [0, 0.1) is 20.8 Å². The van der Waals surface area contributed by atoms with Gasteiger partial charge in [-0.2, -0.15) is 5.10 Å². The van der Waals surface area contributed by atoms with E-state index in [1.807, 2.05) is 36.4 Å². The number of hydrogen-bond donors (Lipinski definition) is 0. The van der Waals surface area contributed by atoms with Crippen LogP contribution in [0.25, 0.3) is 0 Å². The zero-order valence-corrected chi connectivity index (χ0v) is 15.7. The van der Waals surface area contributed by atoms with Crippen LogP contribution in [0.1, 0.15) is 35.5 Å². The fourth-order valence-electron chi connectivity index (χ4n) is 3.56. The summed E-state index contributed by atoms with van der Waals surface area (Å²) in [5, 5.41) is 4.47. The number of carbonyl (C=O) groups excluding carboxylic acids is 1. The minimum absolute atomic E-state index is 0.168. The summed E-state index contributed by atoms with van der Waals surface area (Å²) in [4.78, 5) is 17.2. The molecule has 2 aromatic rings. The molecule has 2 heterocycles. The zero-order chi connectivity index (χ0) is 18.0. The van der Waals surface area contributed by atoms with E-state index in [0.29, 0.717) is 0 Å². The molecule has 3 rings (SSSR count). The molecule has 25 heavy (non-hydrogen) atoms. The van der Waals surface area contributed by atoms with Gasteiger partial charge < -0.3 is 4.90 Å². The van der Waals surface area contributed by atoms with E-state index in [1.54, 1.807) is 0 Å². The highest BCUT2D eigenvalue weighted by atomic mass is 16.2. The summed E-state index contributed by atoms with van der Waals surface area (Å²) in [5.41, 5.74) is 4.70. The third-order valence-corrected chi connectivity index (χ3v) is 5.11. The molecule has 0 spiro atoms. The third kappa shape index (κ3) is 3.93. The molecule has 1 aliphatic heterocycles. The number of aryl methyl sites for hydroxylation is 3. The molecule has 0 aliphatic carbocycles. The fourth-order valence-corrected chi connectivity index (χ4v) is 3.56. The van der Waals surface area contributed by atoms with Crippen molar-refractivity contribution in [1.29, 1.82) is 0 Å². The standard InChI is InChI=1S/C20H28N4O/c1-15-7-5-6-8-19(15)14-22-9-11-23(12-10-22)20(25)18(4)24-17(3)13-16(2)21-24/h5-8,13,18H,9-12,14H2,1-4H3. The topological polar surface area (TPSA) is 41.4 Å². The van der Waals surface area contributed by atoms with Gasteiger partial charge >= 0.3 is 0 Å². The molecule has 1 amide bonds. The molecule has 0 radical (unpaired) electrons.